The van der Waals surface area contributed by atoms with Crippen LogP contribution in [0, 0.1) is 2.88 Å². The first-order chi connectivity index (χ1) is 9.22. The van der Waals surface area contributed by atoms with Gasteiger partial charge in [-0.1, -0.05) is 42.5 Å². The topological polar surface area (TPSA) is 20.2 Å². The van der Waals surface area contributed by atoms with Crippen molar-refractivity contribution < 1.29 is 5.11 Å². The maximum Gasteiger partial charge on any atom is 0.0838 e. The van der Waals surface area contributed by atoms with Crippen LogP contribution in [0.25, 0.3) is 10.8 Å². The Morgan fingerprint density at radius 1 is 1.05 bits per heavy atom. The zero-order chi connectivity index (χ0) is 13.2. The highest BCUT2D eigenvalue weighted by Crippen LogP contribution is 2.26. The largest absolute Gasteiger partial charge is 0.388 e. The van der Waals surface area contributed by atoms with E-state index in [1.165, 1.54) is 19.2 Å². The molecule has 0 aliphatic carbocycles. The normalized spacial score (nSPS) is 12.7. The first-order valence-electron chi connectivity index (χ1n) is 6.12. The monoisotopic (exact) mass is 380 g/mol. The summed E-state index contributed by atoms with van der Waals surface area (Å²) in [5.74, 6) is 0. The lowest BCUT2D eigenvalue weighted by Gasteiger charge is -2.09. The van der Waals surface area contributed by atoms with Crippen molar-refractivity contribution in [2.24, 2.45) is 0 Å². The lowest BCUT2D eigenvalue weighted by molar-refractivity contribution is 0.179. The summed E-state index contributed by atoms with van der Waals surface area (Å²) in [5.41, 5.74) is 2.19. The smallest absolute Gasteiger partial charge is 0.0838 e. The fraction of sp³-hybridized carbons (Fsp3) is 0.125. The Morgan fingerprint density at radius 3 is 2.58 bits per heavy atom. The third-order valence-corrected chi connectivity index (χ3v) is 5.02. The third-order valence-electron chi connectivity index (χ3n) is 3.22. The van der Waals surface area contributed by atoms with Crippen LogP contribution in [0.2, 0.25) is 0 Å². The summed E-state index contributed by atoms with van der Waals surface area (Å²) in [6.45, 7) is 0. The second-order valence-corrected chi connectivity index (χ2v) is 7.39. The number of aliphatic hydroxyl groups excluding tert-OH is 1. The van der Waals surface area contributed by atoms with Gasteiger partial charge in [0, 0.05) is 6.42 Å². The molecule has 2 aromatic carbocycles. The SMILES string of the molecule is OC(Cc1ccc2ccccc2c1)c1csc(I)c1. The molecule has 3 rings (SSSR count). The van der Waals surface area contributed by atoms with Crippen molar-refractivity contribution in [3.05, 3.63) is 67.9 Å². The minimum absolute atomic E-state index is 0.416. The van der Waals surface area contributed by atoms with Gasteiger partial charge in [0.2, 0.25) is 0 Å². The number of hydrogen-bond acceptors (Lipinski definition) is 2. The molecule has 0 aliphatic rings. The van der Waals surface area contributed by atoms with E-state index in [-0.39, 0.29) is 0 Å². The van der Waals surface area contributed by atoms with Crippen molar-refractivity contribution >= 4 is 44.7 Å². The van der Waals surface area contributed by atoms with E-state index in [0.717, 1.165) is 5.56 Å². The zero-order valence-electron chi connectivity index (χ0n) is 10.2. The van der Waals surface area contributed by atoms with Crippen LogP contribution >= 0.6 is 33.9 Å². The summed E-state index contributed by atoms with van der Waals surface area (Å²) in [4.78, 5) is 0. The number of fused-ring (bicyclic) bond motifs is 1. The van der Waals surface area contributed by atoms with Gasteiger partial charge in [0.15, 0.2) is 0 Å². The summed E-state index contributed by atoms with van der Waals surface area (Å²) in [6, 6.07) is 16.7. The van der Waals surface area contributed by atoms with Gasteiger partial charge in [0.05, 0.1) is 8.99 Å². The average Bonchev–Trinajstić information content (AvgIpc) is 2.85. The first kappa shape index (κ1) is 13.1. The van der Waals surface area contributed by atoms with Gasteiger partial charge in [-0.15, -0.1) is 11.3 Å². The highest BCUT2D eigenvalue weighted by atomic mass is 127. The molecule has 1 aromatic heterocycles. The van der Waals surface area contributed by atoms with Crippen molar-refractivity contribution in [2.75, 3.05) is 0 Å². The van der Waals surface area contributed by atoms with Gasteiger partial charge in [-0.25, -0.2) is 0 Å². The highest BCUT2D eigenvalue weighted by Gasteiger charge is 2.10. The Hall–Kier alpha value is -0.910. The molecule has 0 spiro atoms. The summed E-state index contributed by atoms with van der Waals surface area (Å²) >= 11 is 3.96. The molecule has 0 bridgehead atoms. The lowest BCUT2D eigenvalue weighted by Crippen LogP contribution is -2.00. The molecular weight excluding hydrogens is 367 g/mol. The number of thiophene rings is 1. The predicted octanol–water partition coefficient (Wildman–Crippen LogP) is 4.78. The van der Waals surface area contributed by atoms with Gasteiger partial charge < -0.3 is 5.11 Å². The Labute approximate surface area is 130 Å². The number of rotatable bonds is 3. The molecule has 1 nitrogen and oxygen atoms in total. The Bertz CT molecular complexity index is 705. The van der Waals surface area contributed by atoms with E-state index >= 15 is 0 Å². The van der Waals surface area contributed by atoms with E-state index in [4.69, 9.17) is 0 Å². The second kappa shape index (κ2) is 5.61. The molecule has 19 heavy (non-hydrogen) atoms. The van der Waals surface area contributed by atoms with Crippen LogP contribution in [0.5, 0.6) is 0 Å². The molecule has 0 fully saturated rings. The van der Waals surface area contributed by atoms with E-state index in [1.54, 1.807) is 11.3 Å². The summed E-state index contributed by atoms with van der Waals surface area (Å²) in [6.07, 6.45) is 0.249. The summed E-state index contributed by atoms with van der Waals surface area (Å²) in [7, 11) is 0. The van der Waals surface area contributed by atoms with Gasteiger partial charge in [-0.3, -0.25) is 0 Å². The average molecular weight is 380 g/mol. The number of hydrogen-bond donors (Lipinski definition) is 1. The third kappa shape index (κ3) is 2.99. The number of aliphatic hydroxyl groups is 1. The maximum absolute atomic E-state index is 10.3. The lowest BCUT2D eigenvalue weighted by atomic mass is 10.0. The standard InChI is InChI=1S/C16H13IOS/c17-16-9-14(10-19-16)15(18)8-11-5-6-12-3-1-2-4-13(12)7-11/h1-7,9-10,15,18H,8H2. The minimum Gasteiger partial charge on any atom is -0.388 e. The molecule has 1 N–H and O–H groups in total. The van der Waals surface area contributed by atoms with Gasteiger partial charge >= 0.3 is 0 Å². The van der Waals surface area contributed by atoms with E-state index in [1.807, 2.05) is 17.5 Å². The molecule has 0 aliphatic heterocycles. The minimum atomic E-state index is -0.416. The molecule has 96 valence electrons. The second-order valence-electron chi connectivity index (χ2n) is 4.59. The van der Waals surface area contributed by atoms with Crippen LogP contribution in [-0.2, 0) is 6.42 Å². The van der Waals surface area contributed by atoms with Crippen molar-refractivity contribution in [1.82, 2.24) is 0 Å². The molecule has 0 saturated carbocycles. The van der Waals surface area contributed by atoms with Crippen molar-refractivity contribution in [2.45, 2.75) is 12.5 Å². The van der Waals surface area contributed by atoms with Crippen molar-refractivity contribution in [1.29, 1.82) is 0 Å². The van der Waals surface area contributed by atoms with Gasteiger partial charge in [0.1, 0.15) is 0 Å². The molecule has 0 saturated heterocycles. The fourth-order valence-corrected chi connectivity index (χ4v) is 3.62. The van der Waals surface area contributed by atoms with Crippen LogP contribution in [0.15, 0.2) is 53.9 Å². The highest BCUT2D eigenvalue weighted by molar-refractivity contribution is 14.1. The molecule has 1 atom stereocenters. The molecule has 0 radical (unpaired) electrons. The molecular formula is C16H13IOS. The zero-order valence-corrected chi connectivity index (χ0v) is 13.2. The Morgan fingerprint density at radius 2 is 1.84 bits per heavy atom. The number of benzene rings is 2. The van der Waals surface area contributed by atoms with Gasteiger partial charge in [-0.05, 0) is 55.9 Å². The fourth-order valence-electron chi connectivity index (χ4n) is 2.21. The number of halogens is 1. The van der Waals surface area contributed by atoms with Crippen LogP contribution in [0.1, 0.15) is 17.2 Å². The van der Waals surface area contributed by atoms with Crippen LogP contribution in [0.3, 0.4) is 0 Å². The van der Waals surface area contributed by atoms with Gasteiger partial charge in [0.25, 0.3) is 0 Å². The molecule has 3 heteroatoms. The maximum atomic E-state index is 10.3. The molecule has 3 aromatic rings. The molecule has 1 heterocycles. The van der Waals surface area contributed by atoms with E-state index < -0.39 is 6.10 Å². The Balaban J connectivity index is 1.84. The summed E-state index contributed by atoms with van der Waals surface area (Å²) < 4.78 is 1.21. The van der Waals surface area contributed by atoms with Gasteiger partial charge in [-0.2, -0.15) is 0 Å². The quantitative estimate of drug-likeness (QED) is 0.649. The first-order valence-corrected chi connectivity index (χ1v) is 8.08. The van der Waals surface area contributed by atoms with Crippen molar-refractivity contribution in [3.63, 3.8) is 0 Å². The molecule has 1 unspecified atom stereocenters. The van der Waals surface area contributed by atoms with Crippen LogP contribution in [0.4, 0.5) is 0 Å². The van der Waals surface area contributed by atoms with E-state index in [9.17, 15) is 5.11 Å². The van der Waals surface area contributed by atoms with Crippen LogP contribution < -0.4 is 0 Å². The summed E-state index contributed by atoms with van der Waals surface area (Å²) in [5, 5.41) is 14.8. The van der Waals surface area contributed by atoms with Crippen molar-refractivity contribution in [3.8, 4) is 0 Å². The van der Waals surface area contributed by atoms with E-state index in [0.29, 0.717) is 6.42 Å². The predicted molar refractivity (Wildman–Crippen MR) is 89.6 cm³/mol. The molecule has 0 amide bonds. The Kier molecular flexibility index (Phi) is 3.86. The van der Waals surface area contributed by atoms with Crippen LogP contribution in [-0.4, -0.2) is 5.11 Å². The van der Waals surface area contributed by atoms with E-state index in [2.05, 4.69) is 59.0 Å².